The summed E-state index contributed by atoms with van der Waals surface area (Å²) in [5.41, 5.74) is -0.373. The molecular formula is C15H23NO4S. The number of nitrogens with zero attached hydrogens (tertiary/aromatic N) is 1. The van der Waals surface area contributed by atoms with E-state index in [1.54, 1.807) is 0 Å². The lowest BCUT2D eigenvalue weighted by atomic mass is 9.69. The zero-order valence-electron chi connectivity index (χ0n) is 13.0. The van der Waals surface area contributed by atoms with Gasteiger partial charge in [0.05, 0.1) is 17.7 Å². The van der Waals surface area contributed by atoms with E-state index in [0.717, 1.165) is 23.6 Å². The van der Waals surface area contributed by atoms with Crippen molar-refractivity contribution in [3.05, 3.63) is 0 Å². The lowest BCUT2D eigenvalue weighted by molar-refractivity contribution is -0.138. The van der Waals surface area contributed by atoms with Gasteiger partial charge in [-0.15, -0.1) is 0 Å². The predicted molar refractivity (Wildman–Crippen MR) is 77.8 cm³/mol. The maximum absolute atomic E-state index is 12.6. The van der Waals surface area contributed by atoms with Crippen molar-refractivity contribution in [2.24, 2.45) is 22.7 Å². The first-order valence-corrected chi connectivity index (χ1v) is 9.22. The Morgan fingerprint density at radius 3 is 2.43 bits per heavy atom. The first-order chi connectivity index (χ1) is 9.54. The van der Waals surface area contributed by atoms with Crippen molar-refractivity contribution < 1.29 is 18.0 Å². The Morgan fingerprint density at radius 1 is 1.29 bits per heavy atom. The zero-order valence-corrected chi connectivity index (χ0v) is 13.9. The van der Waals surface area contributed by atoms with E-state index in [0.29, 0.717) is 5.92 Å². The van der Waals surface area contributed by atoms with Crippen LogP contribution in [0.1, 0.15) is 47.0 Å². The highest BCUT2D eigenvalue weighted by molar-refractivity contribution is 7.90. The number of rotatable bonds is 2. The third-order valence-corrected chi connectivity index (χ3v) is 8.52. The van der Waals surface area contributed by atoms with Gasteiger partial charge in [0.25, 0.3) is 0 Å². The molecule has 1 amide bonds. The molecule has 3 rings (SSSR count). The van der Waals surface area contributed by atoms with Gasteiger partial charge >= 0.3 is 0 Å². The minimum absolute atomic E-state index is 0.0563. The third-order valence-electron chi connectivity index (χ3n) is 6.61. The minimum Gasteiger partial charge on any atom is -0.299 e. The zero-order chi connectivity index (χ0) is 15.8. The summed E-state index contributed by atoms with van der Waals surface area (Å²) >= 11 is 0. The molecule has 2 aliphatic carbocycles. The second-order valence-corrected chi connectivity index (χ2v) is 9.43. The molecular weight excluding hydrogens is 290 g/mol. The van der Waals surface area contributed by atoms with E-state index >= 15 is 0 Å². The van der Waals surface area contributed by atoms with E-state index in [9.17, 15) is 18.0 Å². The fraction of sp³-hybridized carbons (Fsp3) is 0.867. The molecule has 2 bridgehead atoms. The molecule has 1 heterocycles. The number of carbonyl (C=O) groups excluding carboxylic acids is 2. The second kappa shape index (κ2) is 4.09. The molecule has 2 saturated carbocycles. The van der Waals surface area contributed by atoms with Crippen LogP contribution in [0.4, 0.5) is 0 Å². The monoisotopic (exact) mass is 313 g/mol. The third kappa shape index (κ3) is 1.65. The summed E-state index contributed by atoms with van der Waals surface area (Å²) in [7, 11) is -3.61. The van der Waals surface area contributed by atoms with Gasteiger partial charge in [0.15, 0.2) is 0 Å². The van der Waals surface area contributed by atoms with E-state index in [4.69, 9.17) is 0 Å². The van der Waals surface area contributed by atoms with Crippen molar-refractivity contribution >= 4 is 21.7 Å². The van der Waals surface area contributed by atoms with Gasteiger partial charge in [0.2, 0.25) is 15.9 Å². The molecule has 1 aliphatic heterocycles. The summed E-state index contributed by atoms with van der Waals surface area (Å²) in [4.78, 5) is 24.0. The summed E-state index contributed by atoms with van der Waals surface area (Å²) in [6.07, 6.45) is 2.67. The number of hydrogen-bond donors (Lipinski definition) is 0. The van der Waals surface area contributed by atoms with Crippen LogP contribution in [0.2, 0.25) is 0 Å². The Morgan fingerprint density at radius 2 is 1.90 bits per heavy atom. The molecule has 1 unspecified atom stereocenters. The lowest BCUT2D eigenvalue weighted by Crippen LogP contribution is -2.46. The molecule has 0 aromatic heterocycles. The van der Waals surface area contributed by atoms with E-state index in [1.807, 2.05) is 0 Å². The summed E-state index contributed by atoms with van der Waals surface area (Å²) in [5, 5.41) is 0. The van der Waals surface area contributed by atoms with E-state index in [1.165, 1.54) is 13.8 Å². The van der Waals surface area contributed by atoms with E-state index in [-0.39, 0.29) is 28.4 Å². The molecule has 5 nitrogen and oxygen atoms in total. The normalized spacial score (nSPS) is 40.1. The Balaban J connectivity index is 2.05. The average Bonchev–Trinajstić information content (AvgIpc) is 2.83. The molecule has 0 aromatic carbocycles. The number of carbonyl (C=O) groups is 2. The van der Waals surface area contributed by atoms with Gasteiger partial charge in [-0.05, 0) is 44.4 Å². The van der Waals surface area contributed by atoms with Gasteiger partial charge in [-0.3, -0.25) is 9.59 Å². The number of Topliss-reactive ketones (excluding diaryl/α,β-unsaturated/α-hetero) is 1. The van der Waals surface area contributed by atoms with Crippen LogP contribution in [0.5, 0.6) is 0 Å². The maximum atomic E-state index is 12.6. The minimum atomic E-state index is -3.61. The molecule has 0 aromatic rings. The highest BCUT2D eigenvalue weighted by Crippen LogP contribution is 2.70. The molecule has 0 N–H and O–H groups in total. The predicted octanol–water partition coefficient (Wildman–Crippen LogP) is 1.58. The van der Waals surface area contributed by atoms with E-state index in [2.05, 4.69) is 13.8 Å². The fourth-order valence-electron chi connectivity index (χ4n) is 4.94. The molecule has 1 spiro atoms. The van der Waals surface area contributed by atoms with Crippen LogP contribution >= 0.6 is 0 Å². The molecule has 6 heteroatoms. The van der Waals surface area contributed by atoms with Crippen LogP contribution in [0.15, 0.2) is 0 Å². The first-order valence-electron chi connectivity index (χ1n) is 7.61. The summed E-state index contributed by atoms with van der Waals surface area (Å²) in [5.74, 6) is -1.16. The van der Waals surface area contributed by atoms with Crippen molar-refractivity contribution in [1.29, 1.82) is 0 Å². The highest BCUT2D eigenvalue weighted by Gasteiger charge is 2.72. The molecule has 3 aliphatic rings. The van der Waals surface area contributed by atoms with Crippen LogP contribution in [-0.2, 0) is 19.6 Å². The quantitative estimate of drug-likeness (QED) is 0.726. The van der Waals surface area contributed by atoms with Crippen LogP contribution < -0.4 is 0 Å². The van der Waals surface area contributed by atoms with Gasteiger partial charge in [-0.1, -0.05) is 13.8 Å². The molecule has 0 radical (unpaired) electrons. The maximum Gasteiger partial charge on any atom is 0.246 e. The van der Waals surface area contributed by atoms with Crippen LogP contribution in [0.3, 0.4) is 0 Å². The lowest BCUT2D eigenvalue weighted by Gasteiger charge is -2.37. The van der Waals surface area contributed by atoms with E-state index < -0.39 is 21.8 Å². The Kier molecular flexibility index (Phi) is 2.92. The van der Waals surface area contributed by atoms with Crippen LogP contribution in [0, 0.1) is 22.7 Å². The van der Waals surface area contributed by atoms with Crippen molar-refractivity contribution in [3.63, 3.8) is 0 Å². The van der Waals surface area contributed by atoms with Crippen molar-refractivity contribution in [2.75, 3.05) is 5.75 Å². The Labute approximate surface area is 126 Å². The fourth-order valence-corrected chi connectivity index (χ4v) is 7.55. The van der Waals surface area contributed by atoms with Gasteiger partial charge in [0, 0.05) is 5.41 Å². The molecule has 3 fully saturated rings. The van der Waals surface area contributed by atoms with Crippen LogP contribution in [0.25, 0.3) is 0 Å². The Hall–Kier alpha value is -0.910. The highest BCUT2D eigenvalue weighted by atomic mass is 32.2. The summed E-state index contributed by atoms with van der Waals surface area (Å²) in [6.45, 7) is 7.13. The first kappa shape index (κ1) is 15.0. The second-order valence-electron chi connectivity index (χ2n) is 7.59. The number of fused-ring (bicyclic) bond motifs is 1. The molecule has 1 saturated heterocycles. The van der Waals surface area contributed by atoms with Crippen molar-refractivity contribution in [3.8, 4) is 0 Å². The summed E-state index contributed by atoms with van der Waals surface area (Å²) in [6, 6.07) is -0.245. The number of amides is 1. The standard InChI is InChI=1S/C15H23NO4S/c1-9(10(2)17)13(18)16-12-7-11-5-6-15(12,14(11,3)4)8-21(16,19)20/h9,11-12H,5-8H2,1-4H3/t9?,11-,12-,15-/m1/s1. The summed E-state index contributed by atoms with van der Waals surface area (Å²) < 4.78 is 26.3. The number of ketones is 1. The molecule has 4 atom stereocenters. The largest absolute Gasteiger partial charge is 0.299 e. The van der Waals surface area contributed by atoms with Gasteiger partial charge in [0.1, 0.15) is 5.78 Å². The SMILES string of the molecule is CC(=O)C(C)C(=O)N1[C@@H]2C[C@H]3CC[C@]2(CS1(=O)=O)C3(C)C. The van der Waals surface area contributed by atoms with Gasteiger partial charge < -0.3 is 0 Å². The van der Waals surface area contributed by atoms with Crippen molar-refractivity contribution in [2.45, 2.75) is 53.0 Å². The smallest absolute Gasteiger partial charge is 0.246 e. The number of hydrogen-bond acceptors (Lipinski definition) is 4. The van der Waals surface area contributed by atoms with Gasteiger partial charge in [-0.25, -0.2) is 12.7 Å². The topological polar surface area (TPSA) is 71.5 Å². The number of sulfonamides is 1. The van der Waals surface area contributed by atoms with Gasteiger partial charge in [-0.2, -0.15) is 0 Å². The van der Waals surface area contributed by atoms with Crippen LogP contribution in [-0.4, -0.2) is 36.2 Å². The molecule has 21 heavy (non-hydrogen) atoms. The average molecular weight is 313 g/mol. The Bertz CT molecular complexity index is 624. The molecule has 118 valence electrons. The van der Waals surface area contributed by atoms with Crippen molar-refractivity contribution in [1.82, 2.24) is 4.31 Å².